The zero-order valence-electron chi connectivity index (χ0n) is 13.9. The number of hydrogen-bond acceptors (Lipinski definition) is 4. The summed E-state index contributed by atoms with van der Waals surface area (Å²) in [5, 5.41) is 0. The summed E-state index contributed by atoms with van der Waals surface area (Å²) in [6.07, 6.45) is 0.157. The molecule has 2 aromatic rings. The van der Waals surface area contributed by atoms with Gasteiger partial charge in [0.05, 0.1) is 17.7 Å². The minimum absolute atomic E-state index is 0.0707. The monoisotopic (exact) mass is 345 g/mol. The van der Waals surface area contributed by atoms with E-state index < -0.39 is 10.0 Å². The second kappa shape index (κ2) is 5.94. The Balaban J connectivity index is 2.14. The zero-order chi connectivity index (χ0) is 17.5. The summed E-state index contributed by atoms with van der Waals surface area (Å²) in [5.41, 5.74) is 2.59. The molecule has 24 heavy (non-hydrogen) atoms. The molecule has 5 nitrogen and oxygen atoms in total. The molecule has 2 aromatic carbocycles. The van der Waals surface area contributed by atoms with Crippen LogP contribution in [0.3, 0.4) is 0 Å². The van der Waals surface area contributed by atoms with Crippen LogP contribution in [0.25, 0.3) is 0 Å². The molecule has 1 aliphatic rings. The number of Topliss-reactive ketones (excluding diaryl/α,β-unsaturated/α-hetero) is 1. The van der Waals surface area contributed by atoms with Crippen LogP contribution in [0.4, 0.5) is 5.69 Å². The molecule has 1 aliphatic heterocycles. The van der Waals surface area contributed by atoms with Gasteiger partial charge in [0.15, 0.2) is 5.78 Å². The molecule has 0 radical (unpaired) electrons. The van der Waals surface area contributed by atoms with Gasteiger partial charge in [-0.1, -0.05) is 17.7 Å². The molecule has 1 heterocycles. The number of anilines is 1. The van der Waals surface area contributed by atoms with Crippen molar-refractivity contribution in [1.29, 1.82) is 0 Å². The first kappa shape index (κ1) is 16.5. The lowest BCUT2D eigenvalue weighted by atomic mass is 9.99. The standard InChI is InChI=1S/C18H19NO4S/c1-12-4-6-14(7-5-12)24(21,22)19-9-8-17(20)15-11-18(23-3)13(2)10-16(15)19/h4-7,10-11H,8-9H2,1-3H3. The third kappa shape index (κ3) is 2.67. The molecule has 0 saturated heterocycles. The summed E-state index contributed by atoms with van der Waals surface area (Å²) in [6.45, 7) is 3.88. The van der Waals surface area contributed by atoms with E-state index in [0.717, 1.165) is 11.1 Å². The third-order valence-corrected chi connectivity index (χ3v) is 6.06. The van der Waals surface area contributed by atoms with Crippen LogP contribution in [-0.2, 0) is 10.0 Å². The summed E-state index contributed by atoms with van der Waals surface area (Å²) in [5.74, 6) is 0.510. The summed E-state index contributed by atoms with van der Waals surface area (Å²) in [7, 11) is -2.18. The highest BCUT2D eigenvalue weighted by atomic mass is 32.2. The molecule has 0 aliphatic carbocycles. The fourth-order valence-electron chi connectivity index (χ4n) is 2.87. The average molecular weight is 345 g/mol. The number of benzene rings is 2. The highest BCUT2D eigenvalue weighted by molar-refractivity contribution is 7.92. The van der Waals surface area contributed by atoms with Gasteiger partial charge in [-0.3, -0.25) is 9.10 Å². The van der Waals surface area contributed by atoms with Crippen molar-refractivity contribution in [2.75, 3.05) is 18.0 Å². The molecule has 0 bridgehead atoms. The molecule has 3 rings (SSSR count). The number of methoxy groups -OCH3 is 1. The van der Waals surface area contributed by atoms with E-state index in [0.29, 0.717) is 17.0 Å². The van der Waals surface area contributed by atoms with Gasteiger partial charge in [-0.05, 0) is 43.7 Å². The largest absolute Gasteiger partial charge is 0.496 e. The van der Waals surface area contributed by atoms with Crippen molar-refractivity contribution < 1.29 is 17.9 Å². The lowest BCUT2D eigenvalue weighted by Gasteiger charge is -2.30. The van der Waals surface area contributed by atoms with Crippen LogP contribution in [0.15, 0.2) is 41.3 Å². The van der Waals surface area contributed by atoms with Gasteiger partial charge in [0.25, 0.3) is 10.0 Å². The fraction of sp³-hybridized carbons (Fsp3) is 0.278. The number of hydrogen-bond donors (Lipinski definition) is 0. The van der Waals surface area contributed by atoms with Crippen LogP contribution in [-0.4, -0.2) is 27.9 Å². The summed E-state index contributed by atoms with van der Waals surface area (Å²) < 4.78 is 32.6. The van der Waals surface area contributed by atoms with Crippen molar-refractivity contribution in [3.8, 4) is 5.75 Å². The van der Waals surface area contributed by atoms with Crippen LogP contribution in [0.2, 0.25) is 0 Å². The van der Waals surface area contributed by atoms with E-state index in [9.17, 15) is 13.2 Å². The molecular weight excluding hydrogens is 326 g/mol. The van der Waals surface area contributed by atoms with Crippen molar-refractivity contribution in [3.05, 3.63) is 53.1 Å². The van der Waals surface area contributed by atoms with E-state index in [-0.39, 0.29) is 23.6 Å². The molecule has 0 N–H and O–H groups in total. The first-order valence-electron chi connectivity index (χ1n) is 7.66. The fourth-order valence-corrected chi connectivity index (χ4v) is 4.34. The van der Waals surface area contributed by atoms with Gasteiger partial charge in [-0.2, -0.15) is 0 Å². The maximum atomic E-state index is 13.0. The molecular formula is C18H19NO4S. The Morgan fingerprint density at radius 2 is 1.75 bits per heavy atom. The van der Waals surface area contributed by atoms with Gasteiger partial charge in [-0.15, -0.1) is 0 Å². The van der Waals surface area contributed by atoms with Gasteiger partial charge in [-0.25, -0.2) is 8.42 Å². The average Bonchev–Trinajstić information content (AvgIpc) is 2.55. The minimum atomic E-state index is -3.71. The maximum absolute atomic E-state index is 13.0. The first-order valence-corrected chi connectivity index (χ1v) is 9.10. The topological polar surface area (TPSA) is 63.7 Å². The van der Waals surface area contributed by atoms with E-state index in [4.69, 9.17) is 4.74 Å². The van der Waals surface area contributed by atoms with E-state index in [2.05, 4.69) is 0 Å². The van der Waals surface area contributed by atoms with E-state index in [1.54, 1.807) is 36.4 Å². The minimum Gasteiger partial charge on any atom is -0.496 e. The van der Waals surface area contributed by atoms with Gasteiger partial charge >= 0.3 is 0 Å². The number of nitrogens with zero attached hydrogens (tertiary/aromatic N) is 1. The molecule has 0 spiro atoms. The Morgan fingerprint density at radius 1 is 1.08 bits per heavy atom. The summed E-state index contributed by atoms with van der Waals surface area (Å²) in [6, 6.07) is 10.1. The number of ketones is 1. The number of sulfonamides is 1. The van der Waals surface area contributed by atoms with Gasteiger partial charge in [0.2, 0.25) is 0 Å². The SMILES string of the molecule is COc1cc2c(cc1C)N(S(=O)(=O)c1ccc(C)cc1)CCC2=O. The third-order valence-electron chi connectivity index (χ3n) is 4.23. The van der Waals surface area contributed by atoms with Crippen molar-refractivity contribution in [1.82, 2.24) is 0 Å². The highest BCUT2D eigenvalue weighted by Crippen LogP contribution is 2.36. The summed E-state index contributed by atoms with van der Waals surface area (Å²) >= 11 is 0. The quantitative estimate of drug-likeness (QED) is 0.857. The Labute approximate surface area is 141 Å². The lowest BCUT2D eigenvalue weighted by molar-refractivity contribution is 0.0981. The second-order valence-electron chi connectivity index (χ2n) is 5.90. The Bertz CT molecular complexity index is 901. The molecule has 0 amide bonds. The predicted molar refractivity (Wildman–Crippen MR) is 92.4 cm³/mol. The van der Waals surface area contributed by atoms with Crippen LogP contribution < -0.4 is 9.04 Å². The zero-order valence-corrected chi connectivity index (χ0v) is 14.7. The molecule has 0 atom stereocenters. The van der Waals surface area contributed by atoms with Crippen LogP contribution in [0, 0.1) is 13.8 Å². The molecule has 0 unspecified atom stereocenters. The smallest absolute Gasteiger partial charge is 0.264 e. The summed E-state index contributed by atoms with van der Waals surface area (Å²) in [4.78, 5) is 12.5. The number of carbonyl (C=O) groups is 1. The molecule has 0 aromatic heterocycles. The molecule has 6 heteroatoms. The van der Waals surface area contributed by atoms with Crippen LogP contribution in [0.1, 0.15) is 27.9 Å². The van der Waals surface area contributed by atoms with Crippen molar-refractivity contribution in [2.45, 2.75) is 25.2 Å². The molecule has 0 fully saturated rings. The molecule has 0 saturated carbocycles. The van der Waals surface area contributed by atoms with Crippen molar-refractivity contribution >= 4 is 21.5 Å². The van der Waals surface area contributed by atoms with Gasteiger partial charge < -0.3 is 4.74 Å². The predicted octanol–water partition coefficient (Wildman–Crippen LogP) is 3.09. The number of carbonyl (C=O) groups excluding carboxylic acids is 1. The maximum Gasteiger partial charge on any atom is 0.264 e. The Hall–Kier alpha value is -2.34. The second-order valence-corrected chi connectivity index (χ2v) is 7.76. The van der Waals surface area contributed by atoms with Crippen molar-refractivity contribution in [2.24, 2.45) is 0 Å². The Kier molecular flexibility index (Phi) is 4.09. The van der Waals surface area contributed by atoms with E-state index in [1.165, 1.54) is 11.4 Å². The first-order chi connectivity index (χ1) is 11.3. The number of aryl methyl sites for hydroxylation is 2. The molecule has 126 valence electrons. The van der Waals surface area contributed by atoms with Crippen molar-refractivity contribution in [3.63, 3.8) is 0 Å². The number of rotatable bonds is 3. The highest BCUT2D eigenvalue weighted by Gasteiger charge is 2.33. The Morgan fingerprint density at radius 3 is 2.38 bits per heavy atom. The van der Waals surface area contributed by atoms with E-state index in [1.807, 2.05) is 13.8 Å². The van der Waals surface area contributed by atoms with Gasteiger partial charge in [0.1, 0.15) is 5.75 Å². The normalized spacial score (nSPS) is 14.5. The lowest BCUT2D eigenvalue weighted by Crippen LogP contribution is -2.37. The number of fused-ring (bicyclic) bond motifs is 1. The van der Waals surface area contributed by atoms with Crippen LogP contribution >= 0.6 is 0 Å². The number of ether oxygens (including phenoxy) is 1. The van der Waals surface area contributed by atoms with E-state index >= 15 is 0 Å². The van der Waals surface area contributed by atoms with Crippen LogP contribution in [0.5, 0.6) is 5.75 Å². The van der Waals surface area contributed by atoms with Gasteiger partial charge in [0, 0.05) is 18.5 Å².